The second kappa shape index (κ2) is 5.10. The van der Waals surface area contributed by atoms with Crippen molar-refractivity contribution in [1.82, 2.24) is 0 Å². The number of hydrogen-bond acceptors (Lipinski definition) is 3. The summed E-state index contributed by atoms with van der Waals surface area (Å²) in [6, 6.07) is 0.444. The largest absolute Gasteiger partial charge is 0.353 e. The molecule has 2 aliphatic rings. The van der Waals surface area contributed by atoms with Crippen LogP contribution in [0.2, 0.25) is 0 Å². The molecule has 3 nitrogen and oxygen atoms in total. The van der Waals surface area contributed by atoms with E-state index < -0.39 is 0 Å². The summed E-state index contributed by atoms with van der Waals surface area (Å²) in [6.45, 7) is 1.74. The molecule has 2 fully saturated rings. The van der Waals surface area contributed by atoms with Crippen molar-refractivity contribution < 1.29 is 9.47 Å². The zero-order valence-electron chi connectivity index (χ0n) is 8.78. The van der Waals surface area contributed by atoms with E-state index in [-0.39, 0.29) is 6.29 Å². The number of hydrogen-bond donors (Lipinski definition) is 1. The molecule has 0 aromatic rings. The first-order valence-electron chi connectivity index (χ1n) is 5.83. The Morgan fingerprint density at radius 2 is 1.64 bits per heavy atom. The molecular weight excluding hydrogens is 178 g/mol. The van der Waals surface area contributed by atoms with E-state index in [9.17, 15) is 0 Å². The molecule has 3 heteroatoms. The Morgan fingerprint density at radius 3 is 2.29 bits per heavy atom. The van der Waals surface area contributed by atoms with Gasteiger partial charge in [0.1, 0.15) is 0 Å². The Bertz CT molecular complexity index is 161. The Kier molecular flexibility index (Phi) is 3.79. The minimum absolute atomic E-state index is 0.0723. The fourth-order valence-corrected chi connectivity index (χ4v) is 2.37. The van der Waals surface area contributed by atoms with Crippen LogP contribution in [0.15, 0.2) is 0 Å². The van der Waals surface area contributed by atoms with Gasteiger partial charge in [-0.15, -0.1) is 0 Å². The summed E-state index contributed by atoms with van der Waals surface area (Å²) in [5.74, 6) is 0.776. The highest BCUT2D eigenvalue weighted by molar-refractivity contribution is 4.75. The molecule has 1 aliphatic heterocycles. The van der Waals surface area contributed by atoms with E-state index in [1.165, 1.54) is 25.7 Å². The van der Waals surface area contributed by atoms with Gasteiger partial charge in [0, 0.05) is 12.5 Å². The maximum atomic E-state index is 5.87. The third-order valence-electron chi connectivity index (χ3n) is 3.31. The zero-order valence-corrected chi connectivity index (χ0v) is 8.78. The molecule has 1 aliphatic carbocycles. The van der Waals surface area contributed by atoms with Crippen molar-refractivity contribution in [3.63, 3.8) is 0 Å². The fraction of sp³-hybridized carbons (Fsp3) is 1.00. The molecule has 2 rings (SSSR count). The molecule has 82 valence electrons. The van der Waals surface area contributed by atoms with E-state index in [2.05, 4.69) is 0 Å². The van der Waals surface area contributed by atoms with Crippen molar-refractivity contribution in [3.8, 4) is 0 Å². The smallest absolute Gasteiger partial charge is 0.157 e. The average molecular weight is 199 g/mol. The van der Waals surface area contributed by atoms with Gasteiger partial charge in [0.15, 0.2) is 6.29 Å². The standard InChI is InChI=1S/C11H21NO2/c12-10-4-2-9(3-5-10)8-11-13-6-1-7-14-11/h9-11H,1-8,12H2. The van der Waals surface area contributed by atoms with E-state index in [0.29, 0.717) is 6.04 Å². The van der Waals surface area contributed by atoms with E-state index in [4.69, 9.17) is 15.2 Å². The summed E-state index contributed by atoms with van der Waals surface area (Å²) < 4.78 is 11.1. The van der Waals surface area contributed by atoms with Gasteiger partial charge in [0.2, 0.25) is 0 Å². The van der Waals surface area contributed by atoms with Crippen molar-refractivity contribution in [3.05, 3.63) is 0 Å². The molecule has 1 heterocycles. The maximum Gasteiger partial charge on any atom is 0.157 e. The Balaban J connectivity index is 1.68. The first-order valence-corrected chi connectivity index (χ1v) is 5.83. The predicted octanol–water partition coefficient (Wildman–Crippen LogP) is 1.66. The number of rotatable bonds is 2. The van der Waals surface area contributed by atoms with Gasteiger partial charge in [-0.05, 0) is 38.0 Å². The summed E-state index contributed by atoms with van der Waals surface area (Å²) in [5, 5.41) is 0. The van der Waals surface area contributed by atoms with Crippen LogP contribution < -0.4 is 5.73 Å². The first kappa shape index (κ1) is 10.4. The highest BCUT2D eigenvalue weighted by Crippen LogP contribution is 2.28. The Morgan fingerprint density at radius 1 is 1.00 bits per heavy atom. The first-order chi connectivity index (χ1) is 6.84. The summed E-state index contributed by atoms with van der Waals surface area (Å²) in [6.07, 6.45) is 7.06. The van der Waals surface area contributed by atoms with Crippen LogP contribution in [0.25, 0.3) is 0 Å². The van der Waals surface area contributed by atoms with Crippen LogP contribution in [0.3, 0.4) is 0 Å². The van der Waals surface area contributed by atoms with Gasteiger partial charge in [-0.25, -0.2) is 0 Å². The van der Waals surface area contributed by atoms with Crippen LogP contribution >= 0.6 is 0 Å². The van der Waals surface area contributed by atoms with Crippen molar-refractivity contribution >= 4 is 0 Å². The van der Waals surface area contributed by atoms with Crippen LogP contribution in [0.4, 0.5) is 0 Å². The van der Waals surface area contributed by atoms with Crippen molar-refractivity contribution in [2.24, 2.45) is 11.7 Å². The van der Waals surface area contributed by atoms with Crippen LogP contribution in [0, 0.1) is 5.92 Å². The molecule has 2 N–H and O–H groups in total. The van der Waals surface area contributed by atoms with Crippen molar-refractivity contribution in [2.45, 2.75) is 50.9 Å². The molecule has 0 unspecified atom stereocenters. The Labute approximate surface area is 85.9 Å². The van der Waals surface area contributed by atoms with Crippen LogP contribution in [-0.2, 0) is 9.47 Å². The minimum Gasteiger partial charge on any atom is -0.353 e. The molecule has 1 saturated heterocycles. The third kappa shape index (κ3) is 2.94. The molecule has 0 radical (unpaired) electrons. The summed E-state index contributed by atoms with van der Waals surface area (Å²) in [4.78, 5) is 0. The molecule has 0 aromatic heterocycles. The topological polar surface area (TPSA) is 44.5 Å². The summed E-state index contributed by atoms with van der Waals surface area (Å²) in [5.41, 5.74) is 5.87. The number of ether oxygens (including phenoxy) is 2. The monoisotopic (exact) mass is 199 g/mol. The highest BCUT2D eigenvalue weighted by atomic mass is 16.7. The van der Waals surface area contributed by atoms with E-state index in [1.807, 2.05) is 0 Å². The van der Waals surface area contributed by atoms with Crippen molar-refractivity contribution in [1.29, 1.82) is 0 Å². The van der Waals surface area contributed by atoms with Gasteiger partial charge in [-0.3, -0.25) is 0 Å². The van der Waals surface area contributed by atoms with Gasteiger partial charge in [-0.1, -0.05) is 0 Å². The lowest BCUT2D eigenvalue weighted by Crippen LogP contribution is -2.31. The van der Waals surface area contributed by atoms with Gasteiger partial charge < -0.3 is 15.2 Å². The minimum atomic E-state index is 0.0723. The van der Waals surface area contributed by atoms with Crippen LogP contribution in [-0.4, -0.2) is 25.5 Å². The molecule has 0 aromatic carbocycles. The summed E-state index contributed by atoms with van der Waals surface area (Å²) in [7, 11) is 0. The Hall–Kier alpha value is -0.120. The van der Waals surface area contributed by atoms with Crippen LogP contribution in [0.5, 0.6) is 0 Å². The lowest BCUT2D eigenvalue weighted by atomic mass is 9.84. The van der Waals surface area contributed by atoms with Gasteiger partial charge in [0.05, 0.1) is 13.2 Å². The SMILES string of the molecule is NC1CCC(CC2OCCCO2)CC1. The molecule has 1 saturated carbocycles. The highest BCUT2D eigenvalue weighted by Gasteiger charge is 2.23. The predicted molar refractivity (Wildman–Crippen MR) is 54.9 cm³/mol. The normalized spacial score (nSPS) is 35.8. The van der Waals surface area contributed by atoms with E-state index in [0.717, 1.165) is 32.0 Å². The molecule has 0 spiro atoms. The van der Waals surface area contributed by atoms with Crippen molar-refractivity contribution in [2.75, 3.05) is 13.2 Å². The summed E-state index contributed by atoms with van der Waals surface area (Å²) >= 11 is 0. The average Bonchev–Trinajstić information content (AvgIpc) is 2.23. The van der Waals surface area contributed by atoms with Gasteiger partial charge >= 0.3 is 0 Å². The van der Waals surface area contributed by atoms with Crippen LogP contribution in [0.1, 0.15) is 38.5 Å². The lowest BCUT2D eigenvalue weighted by molar-refractivity contribution is -0.187. The molecule has 0 bridgehead atoms. The molecule has 0 atom stereocenters. The molecule has 0 amide bonds. The second-order valence-electron chi connectivity index (χ2n) is 4.54. The van der Waals surface area contributed by atoms with Gasteiger partial charge in [0.25, 0.3) is 0 Å². The fourth-order valence-electron chi connectivity index (χ4n) is 2.37. The maximum absolute atomic E-state index is 5.87. The van der Waals surface area contributed by atoms with E-state index >= 15 is 0 Å². The quantitative estimate of drug-likeness (QED) is 0.735. The second-order valence-corrected chi connectivity index (χ2v) is 4.54. The zero-order chi connectivity index (χ0) is 9.80. The van der Waals surface area contributed by atoms with E-state index in [1.54, 1.807) is 0 Å². The molecule has 14 heavy (non-hydrogen) atoms. The third-order valence-corrected chi connectivity index (χ3v) is 3.31. The van der Waals surface area contributed by atoms with Gasteiger partial charge in [-0.2, -0.15) is 0 Å². The number of nitrogens with two attached hydrogens (primary N) is 1. The lowest BCUT2D eigenvalue weighted by Gasteiger charge is -2.30. The molecular formula is C11H21NO2.